The largest absolute Gasteiger partial charge is 0.494 e. The summed E-state index contributed by atoms with van der Waals surface area (Å²) < 4.78 is 33.9. The van der Waals surface area contributed by atoms with E-state index in [2.05, 4.69) is 10.6 Å². The van der Waals surface area contributed by atoms with E-state index in [1.165, 1.54) is 36.4 Å². The highest BCUT2D eigenvalue weighted by molar-refractivity contribution is 6.09. The van der Waals surface area contributed by atoms with Gasteiger partial charge in [-0.2, -0.15) is 0 Å². The van der Waals surface area contributed by atoms with Crippen LogP contribution in [0.5, 0.6) is 5.75 Å². The third-order valence-corrected chi connectivity index (χ3v) is 7.01. The zero-order valence-corrected chi connectivity index (χ0v) is 21.6. The van der Waals surface area contributed by atoms with Gasteiger partial charge in [0.25, 0.3) is 5.91 Å². The van der Waals surface area contributed by atoms with Gasteiger partial charge in [0, 0.05) is 19.4 Å². The Balaban J connectivity index is 1.37. The first kappa shape index (κ1) is 27.3. The molecule has 2 atom stereocenters. The first-order valence-electron chi connectivity index (χ1n) is 13.2. The number of hydrogen-bond donors (Lipinski definition) is 3. The lowest BCUT2D eigenvalue weighted by atomic mass is 10.0. The number of nitrogens with zero attached hydrogens (tertiary/aromatic N) is 1. The Morgan fingerprint density at radius 2 is 1.73 bits per heavy atom. The summed E-state index contributed by atoms with van der Waals surface area (Å²) in [6.07, 6.45) is 2.37. The minimum absolute atomic E-state index is 0.00159. The van der Waals surface area contributed by atoms with Crippen molar-refractivity contribution in [2.45, 2.75) is 43.7 Å². The van der Waals surface area contributed by atoms with Crippen molar-refractivity contribution in [3.63, 3.8) is 0 Å². The number of carbonyl (C=O) groups is 3. The van der Waals surface area contributed by atoms with Crippen molar-refractivity contribution in [3.05, 3.63) is 95.1 Å². The SMILES string of the molecule is O=C(Nc1ccc(C2CC2)cc1F)C(Cc1ccc(F)cc1)N1C(=O)N[C@H](c2ccc(OCCCO)cc2)C1=O. The second kappa shape index (κ2) is 11.8. The Morgan fingerprint density at radius 1 is 1.02 bits per heavy atom. The van der Waals surface area contributed by atoms with E-state index in [4.69, 9.17) is 9.84 Å². The highest BCUT2D eigenvalue weighted by atomic mass is 19.1. The van der Waals surface area contributed by atoms with Gasteiger partial charge in [-0.05, 0) is 71.8 Å². The molecule has 0 radical (unpaired) electrons. The highest BCUT2D eigenvalue weighted by Gasteiger charge is 2.45. The number of amides is 4. The molecular weight excluding hydrogens is 520 g/mol. The summed E-state index contributed by atoms with van der Waals surface area (Å²) in [6, 6.07) is 13.4. The number of anilines is 1. The predicted octanol–water partition coefficient (Wildman–Crippen LogP) is 4.45. The first-order valence-corrected chi connectivity index (χ1v) is 13.2. The molecule has 1 unspecified atom stereocenters. The van der Waals surface area contributed by atoms with E-state index in [0.29, 0.717) is 35.8 Å². The summed E-state index contributed by atoms with van der Waals surface area (Å²) in [5.41, 5.74) is 1.80. The molecule has 0 aromatic heterocycles. The molecule has 1 heterocycles. The number of carbonyl (C=O) groups excluding carboxylic acids is 3. The molecule has 1 aliphatic heterocycles. The fourth-order valence-corrected chi connectivity index (χ4v) is 4.69. The van der Waals surface area contributed by atoms with Crippen LogP contribution in [0.2, 0.25) is 0 Å². The van der Waals surface area contributed by atoms with E-state index < -0.39 is 41.6 Å². The van der Waals surface area contributed by atoms with E-state index >= 15 is 0 Å². The molecule has 1 saturated carbocycles. The molecule has 2 aliphatic rings. The van der Waals surface area contributed by atoms with E-state index in [9.17, 15) is 23.2 Å². The van der Waals surface area contributed by atoms with Crippen LogP contribution in [0.1, 0.15) is 47.9 Å². The number of halogens is 2. The van der Waals surface area contributed by atoms with E-state index in [1.807, 2.05) is 0 Å². The van der Waals surface area contributed by atoms with Crippen molar-refractivity contribution < 1.29 is 33.0 Å². The van der Waals surface area contributed by atoms with Gasteiger partial charge >= 0.3 is 6.03 Å². The number of aliphatic hydroxyl groups is 1. The van der Waals surface area contributed by atoms with Crippen LogP contribution >= 0.6 is 0 Å². The van der Waals surface area contributed by atoms with Crippen molar-refractivity contribution in [1.82, 2.24) is 10.2 Å². The second-order valence-corrected chi connectivity index (χ2v) is 9.93. The van der Waals surface area contributed by atoms with Gasteiger partial charge in [-0.25, -0.2) is 18.5 Å². The average molecular weight is 550 g/mol. The molecule has 2 fully saturated rings. The van der Waals surface area contributed by atoms with Crippen molar-refractivity contribution in [1.29, 1.82) is 0 Å². The molecule has 40 heavy (non-hydrogen) atoms. The molecule has 3 N–H and O–H groups in total. The molecule has 1 saturated heterocycles. The molecule has 208 valence electrons. The molecule has 1 aliphatic carbocycles. The molecule has 4 amide bonds. The quantitative estimate of drug-likeness (QED) is 0.242. The van der Waals surface area contributed by atoms with Crippen LogP contribution in [-0.4, -0.2) is 47.1 Å². The molecule has 3 aromatic carbocycles. The van der Waals surface area contributed by atoms with Crippen molar-refractivity contribution >= 4 is 23.5 Å². The number of nitrogens with one attached hydrogen (secondary N) is 2. The Labute approximate surface area is 229 Å². The van der Waals surface area contributed by atoms with Gasteiger partial charge in [-0.3, -0.25) is 9.59 Å². The monoisotopic (exact) mass is 549 g/mol. The molecule has 0 bridgehead atoms. The fourth-order valence-electron chi connectivity index (χ4n) is 4.69. The van der Waals surface area contributed by atoms with E-state index in [-0.39, 0.29) is 18.7 Å². The molecule has 3 aromatic rings. The number of urea groups is 1. The predicted molar refractivity (Wildman–Crippen MR) is 143 cm³/mol. The molecule has 8 nitrogen and oxygen atoms in total. The summed E-state index contributed by atoms with van der Waals surface area (Å²) in [5, 5.41) is 14.1. The lowest BCUT2D eigenvalue weighted by molar-refractivity contribution is -0.134. The average Bonchev–Trinajstić information content (AvgIpc) is 3.75. The number of hydrogen-bond acceptors (Lipinski definition) is 5. The zero-order valence-electron chi connectivity index (χ0n) is 21.6. The summed E-state index contributed by atoms with van der Waals surface area (Å²) >= 11 is 0. The van der Waals surface area contributed by atoms with E-state index in [0.717, 1.165) is 23.3 Å². The van der Waals surface area contributed by atoms with Crippen molar-refractivity contribution in [2.24, 2.45) is 0 Å². The standard InChI is InChI=1S/C30H29F2N3O5/c31-22-9-2-18(3-10-22)16-26(28(37)33-25-13-8-21(17-24(25)32)19-4-5-19)35-29(38)27(34-30(35)39)20-6-11-23(12-7-20)40-15-1-14-36/h2-3,6-13,17,19,26-27,36H,1,4-5,14-16H2,(H,33,37)(H,34,39)/t26?,27-/m1/s1. The fraction of sp³-hybridized carbons (Fsp3) is 0.300. The number of aliphatic hydroxyl groups excluding tert-OH is 1. The van der Waals surface area contributed by atoms with Crippen LogP contribution < -0.4 is 15.4 Å². The van der Waals surface area contributed by atoms with Gasteiger partial charge < -0.3 is 20.5 Å². The third-order valence-electron chi connectivity index (χ3n) is 7.01. The number of benzene rings is 3. The van der Waals surface area contributed by atoms with Gasteiger partial charge in [0.1, 0.15) is 29.5 Å². The lowest BCUT2D eigenvalue weighted by Gasteiger charge is -2.25. The summed E-state index contributed by atoms with van der Waals surface area (Å²) in [6.45, 7) is 0.328. The summed E-state index contributed by atoms with van der Waals surface area (Å²) in [7, 11) is 0. The van der Waals surface area contributed by atoms with Gasteiger partial charge in [0.05, 0.1) is 12.3 Å². The van der Waals surface area contributed by atoms with Gasteiger partial charge in [0.2, 0.25) is 5.91 Å². The maximum absolute atomic E-state index is 14.8. The Kier molecular flexibility index (Phi) is 8.06. The topological polar surface area (TPSA) is 108 Å². The lowest BCUT2D eigenvalue weighted by Crippen LogP contribution is -2.49. The zero-order chi connectivity index (χ0) is 28.2. The van der Waals surface area contributed by atoms with Crippen LogP contribution in [0, 0.1) is 11.6 Å². The van der Waals surface area contributed by atoms with Crippen molar-refractivity contribution in [2.75, 3.05) is 18.5 Å². The van der Waals surface area contributed by atoms with Gasteiger partial charge in [0.15, 0.2) is 0 Å². The van der Waals surface area contributed by atoms with Crippen LogP contribution in [-0.2, 0) is 16.0 Å². The molecular formula is C30H29F2N3O5. The van der Waals surface area contributed by atoms with Crippen LogP contribution in [0.15, 0.2) is 66.7 Å². The van der Waals surface area contributed by atoms with Gasteiger partial charge in [-0.1, -0.05) is 30.3 Å². The summed E-state index contributed by atoms with van der Waals surface area (Å²) in [5.74, 6) is -1.61. The van der Waals surface area contributed by atoms with E-state index in [1.54, 1.807) is 30.3 Å². The Hall–Kier alpha value is -4.31. The van der Waals surface area contributed by atoms with Crippen molar-refractivity contribution in [3.8, 4) is 5.75 Å². The molecule has 0 spiro atoms. The molecule has 5 rings (SSSR count). The smallest absolute Gasteiger partial charge is 0.325 e. The minimum atomic E-state index is -1.33. The Bertz CT molecular complexity index is 1390. The molecule has 10 heteroatoms. The highest BCUT2D eigenvalue weighted by Crippen LogP contribution is 2.40. The number of imide groups is 1. The summed E-state index contributed by atoms with van der Waals surface area (Å²) in [4.78, 5) is 40.9. The Morgan fingerprint density at radius 3 is 2.38 bits per heavy atom. The van der Waals surface area contributed by atoms with Crippen LogP contribution in [0.4, 0.5) is 19.3 Å². The number of ether oxygens (including phenoxy) is 1. The maximum atomic E-state index is 14.8. The van der Waals surface area contributed by atoms with Crippen LogP contribution in [0.3, 0.4) is 0 Å². The maximum Gasteiger partial charge on any atom is 0.325 e. The van der Waals surface area contributed by atoms with Crippen LogP contribution in [0.25, 0.3) is 0 Å². The third kappa shape index (κ3) is 6.12. The number of rotatable bonds is 11. The van der Waals surface area contributed by atoms with Gasteiger partial charge in [-0.15, -0.1) is 0 Å². The first-order chi connectivity index (χ1) is 19.3. The minimum Gasteiger partial charge on any atom is -0.494 e. The normalized spacial score (nSPS) is 17.5. The second-order valence-electron chi connectivity index (χ2n) is 9.93.